The molecule has 0 radical (unpaired) electrons. The van der Waals surface area contributed by atoms with Gasteiger partial charge < -0.3 is 4.90 Å². The lowest BCUT2D eigenvalue weighted by atomic mass is 10.1. The van der Waals surface area contributed by atoms with Crippen molar-refractivity contribution in [2.45, 2.75) is 44.5 Å². The molecule has 1 aliphatic heterocycles. The van der Waals surface area contributed by atoms with Crippen LogP contribution >= 0.6 is 23.1 Å². The average molecular weight is 421 g/mol. The Morgan fingerprint density at radius 2 is 1.76 bits per heavy atom. The van der Waals surface area contributed by atoms with Gasteiger partial charge in [-0.25, -0.2) is 15.0 Å². The molecule has 0 bridgehead atoms. The molecule has 0 aliphatic carbocycles. The fourth-order valence-corrected chi connectivity index (χ4v) is 6.03. The Hall–Kier alpha value is -2.18. The highest BCUT2D eigenvalue weighted by atomic mass is 32.2. The van der Waals surface area contributed by atoms with Crippen LogP contribution in [0.1, 0.15) is 35.2 Å². The zero-order valence-electron chi connectivity index (χ0n) is 17.0. The van der Waals surface area contributed by atoms with Gasteiger partial charge in [0.05, 0.1) is 10.2 Å². The molecular weight excluding hydrogens is 396 g/mol. The molecule has 4 nitrogen and oxygen atoms in total. The number of fused-ring (bicyclic) bond motifs is 3. The molecular formula is C23H24N4S2. The van der Waals surface area contributed by atoms with E-state index in [1.54, 1.807) is 23.1 Å². The number of pyridine rings is 1. The minimum atomic E-state index is 0.861. The fraction of sp³-hybridized carbons (Fsp3) is 0.348. The maximum atomic E-state index is 5.02. The number of nitrogens with zero attached hydrogens (tertiary/aromatic N) is 4. The van der Waals surface area contributed by atoms with Gasteiger partial charge in [0.15, 0.2) is 11.0 Å². The van der Waals surface area contributed by atoms with Gasteiger partial charge in [0.2, 0.25) is 0 Å². The lowest BCUT2D eigenvalue weighted by Crippen LogP contribution is -2.19. The Balaban J connectivity index is 1.61. The zero-order chi connectivity index (χ0) is 20.0. The monoisotopic (exact) mass is 420 g/mol. The number of thiophene rings is 1. The van der Waals surface area contributed by atoms with Gasteiger partial charge in [-0.2, -0.15) is 0 Å². The van der Waals surface area contributed by atoms with Crippen molar-refractivity contribution in [1.29, 1.82) is 0 Å². The van der Waals surface area contributed by atoms with Gasteiger partial charge in [-0.3, -0.25) is 0 Å². The molecule has 0 N–H and O–H groups in total. The van der Waals surface area contributed by atoms with E-state index in [4.69, 9.17) is 15.0 Å². The first-order chi connectivity index (χ1) is 14.1. The van der Waals surface area contributed by atoms with E-state index in [9.17, 15) is 0 Å². The predicted molar refractivity (Wildman–Crippen MR) is 124 cm³/mol. The van der Waals surface area contributed by atoms with E-state index in [0.717, 1.165) is 45.9 Å². The van der Waals surface area contributed by atoms with Gasteiger partial charge in [0, 0.05) is 29.9 Å². The van der Waals surface area contributed by atoms with E-state index in [0.29, 0.717) is 0 Å². The lowest BCUT2D eigenvalue weighted by molar-refractivity contribution is 0.901. The number of aromatic nitrogens is 3. The second-order valence-electron chi connectivity index (χ2n) is 7.84. The Morgan fingerprint density at radius 1 is 1.00 bits per heavy atom. The summed E-state index contributed by atoms with van der Waals surface area (Å²) in [6.07, 6.45) is 2.47. The van der Waals surface area contributed by atoms with Crippen LogP contribution in [0.2, 0.25) is 0 Å². The predicted octanol–water partition coefficient (Wildman–Crippen LogP) is 6.06. The summed E-state index contributed by atoms with van der Waals surface area (Å²) in [7, 11) is 0. The van der Waals surface area contributed by atoms with Crippen LogP contribution in [-0.4, -0.2) is 28.0 Å². The molecule has 0 unspecified atom stereocenters. The van der Waals surface area contributed by atoms with Crippen LogP contribution in [0.5, 0.6) is 0 Å². The highest BCUT2D eigenvalue weighted by molar-refractivity contribution is 7.98. The standard InChI is InChI=1S/C23H24N4S2/c1-14-6-8-17(9-7-14)13-28-23-25-19-18-15(2)12-16(3)24-22(18)29-20(19)21(26-23)27-10-4-5-11-27/h6-9,12H,4-5,10-11,13H2,1-3H3. The second kappa shape index (κ2) is 7.58. The van der Waals surface area contributed by atoms with Crippen molar-refractivity contribution in [1.82, 2.24) is 15.0 Å². The lowest BCUT2D eigenvalue weighted by Gasteiger charge is -2.17. The molecule has 4 aromatic rings. The van der Waals surface area contributed by atoms with E-state index < -0.39 is 0 Å². The maximum absolute atomic E-state index is 5.02. The van der Waals surface area contributed by atoms with Crippen LogP contribution in [0.3, 0.4) is 0 Å². The quantitative estimate of drug-likeness (QED) is 0.297. The maximum Gasteiger partial charge on any atom is 0.190 e. The van der Waals surface area contributed by atoms with E-state index in [1.165, 1.54) is 39.6 Å². The van der Waals surface area contributed by atoms with Crippen molar-refractivity contribution < 1.29 is 0 Å². The molecule has 3 aromatic heterocycles. The van der Waals surface area contributed by atoms with Crippen molar-refractivity contribution in [3.05, 3.63) is 52.7 Å². The SMILES string of the molecule is Cc1ccc(CSc2nc(N3CCCC3)c3sc4nc(C)cc(C)c4c3n2)cc1. The first-order valence-electron chi connectivity index (χ1n) is 10.1. The van der Waals surface area contributed by atoms with Gasteiger partial charge in [-0.05, 0) is 50.8 Å². The fourth-order valence-electron chi connectivity index (χ4n) is 3.98. The molecule has 1 aliphatic rings. The van der Waals surface area contributed by atoms with Gasteiger partial charge in [0.1, 0.15) is 4.83 Å². The van der Waals surface area contributed by atoms with Crippen LogP contribution in [0.25, 0.3) is 20.4 Å². The Kier molecular flexibility index (Phi) is 4.92. The van der Waals surface area contributed by atoms with E-state index >= 15 is 0 Å². The summed E-state index contributed by atoms with van der Waals surface area (Å²) in [5.41, 5.74) is 5.97. The third-order valence-electron chi connectivity index (χ3n) is 5.47. The highest BCUT2D eigenvalue weighted by Crippen LogP contribution is 2.40. The third kappa shape index (κ3) is 3.60. The van der Waals surface area contributed by atoms with Crippen molar-refractivity contribution >= 4 is 49.3 Å². The molecule has 29 heavy (non-hydrogen) atoms. The summed E-state index contributed by atoms with van der Waals surface area (Å²) >= 11 is 3.46. The second-order valence-corrected chi connectivity index (χ2v) is 9.78. The highest BCUT2D eigenvalue weighted by Gasteiger charge is 2.22. The molecule has 0 atom stereocenters. The Morgan fingerprint density at radius 3 is 2.52 bits per heavy atom. The molecule has 1 fully saturated rings. The van der Waals surface area contributed by atoms with E-state index in [1.807, 2.05) is 0 Å². The van der Waals surface area contributed by atoms with Gasteiger partial charge in [-0.15, -0.1) is 11.3 Å². The smallest absolute Gasteiger partial charge is 0.190 e. The summed E-state index contributed by atoms with van der Waals surface area (Å²) in [4.78, 5) is 18.3. The first-order valence-corrected chi connectivity index (χ1v) is 11.9. The number of benzene rings is 1. The molecule has 148 valence electrons. The van der Waals surface area contributed by atoms with Crippen LogP contribution in [-0.2, 0) is 5.75 Å². The molecule has 5 rings (SSSR count). The van der Waals surface area contributed by atoms with Crippen LogP contribution in [0.4, 0.5) is 5.82 Å². The van der Waals surface area contributed by atoms with Crippen LogP contribution < -0.4 is 4.90 Å². The van der Waals surface area contributed by atoms with Crippen LogP contribution in [0, 0.1) is 20.8 Å². The Labute approximate surface area is 179 Å². The minimum absolute atomic E-state index is 0.861. The summed E-state index contributed by atoms with van der Waals surface area (Å²) in [5.74, 6) is 1.97. The van der Waals surface area contributed by atoms with Crippen molar-refractivity contribution in [2.75, 3.05) is 18.0 Å². The summed E-state index contributed by atoms with van der Waals surface area (Å²) in [6.45, 7) is 8.50. The third-order valence-corrected chi connectivity index (χ3v) is 7.46. The zero-order valence-corrected chi connectivity index (χ0v) is 18.7. The van der Waals surface area contributed by atoms with Crippen molar-refractivity contribution in [3.63, 3.8) is 0 Å². The van der Waals surface area contributed by atoms with Crippen LogP contribution in [0.15, 0.2) is 35.5 Å². The normalized spacial score (nSPS) is 14.4. The van der Waals surface area contributed by atoms with Gasteiger partial charge in [-0.1, -0.05) is 41.6 Å². The number of hydrogen-bond donors (Lipinski definition) is 0. The van der Waals surface area contributed by atoms with E-state index in [2.05, 4.69) is 56.0 Å². The number of rotatable bonds is 4. The molecule has 0 saturated carbocycles. The molecule has 1 aromatic carbocycles. The molecule has 1 saturated heterocycles. The largest absolute Gasteiger partial charge is 0.355 e. The summed E-state index contributed by atoms with van der Waals surface area (Å²) in [6, 6.07) is 10.9. The number of thioether (sulfide) groups is 1. The van der Waals surface area contributed by atoms with Gasteiger partial charge in [0.25, 0.3) is 0 Å². The Bertz CT molecular complexity index is 1190. The van der Waals surface area contributed by atoms with E-state index in [-0.39, 0.29) is 0 Å². The summed E-state index contributed by atoms with van der Waals surface area (Å²) in [5, 5.41) is 2.05. The molecule has 6 heteroatoms. The minimum Gasteiger partial charge on any atom is -0.355 e. The average Bonchev–Trinajstić information content (AvgIpc) is 3.34. The van der Waals surface area contributed by atoms with Crippen molar-refractivity contribution in [3.8, 4) is 0 Å². The van der Waals surface area contributed by atoms with Crippen molar-refractivity contribution in [2.24, 2.45) is 0 Å². The number of hydrogen-bond acceptors (Lipinski definition) is 6. The number of aryl methyl sites for hydroxylation is 3. The molecule has 0 spiro atoms. The molecule has 0 amide bonds. The number of anilines is 1. The molecule has 4 heterocycles. The summed E-state index contributed by atoms with van der Waals surface area (Å²) < 4.78 is 1.18. The first kappa shape index (κ1) is 18.8. The topological polar surface area (TPSA) is 41.9 Å². The van der Waals surface area contributed by atoms with Gasteiger partial charge >= 0.3 is 0 Å².